The maximum absolute atomic E-state index is 13.0. The number of hydrogen-bond donors (Lipinski definition) is 0. The largest absolute Gasteiger partial charge is 0.481 e. The third-order valence-corrected chi connectivity index (χ3v) is 5.93. The Hall–Kier alpha value is -2.63. The minimum atomic E-state index is -0.485. The smallest absolute Gasteiger partial charge is 0.263 e. The number of carbonyl (C=O) groups is 1. The second-order valence-corrected chi connectivity index (χ2v) is 8.07. The molecule has 3 unspecified atom stereocenters. The Bertz CT molecular complexity index is 881. The molecule has 28 heavy (non-hydrogen) atoms. The second kappa shape index (κ2) is 7.08. The van der Waals surface area contributed by atoms with Crippen molar-refractivity contribution in [2.75, 3.05) is 18.0 Å². The van der Waals surface area contributed by atoms with Crippen molar-refractivity contribution in [3.05, 3.63) is 46.9 Å². The van der Waals surface area contributed by atoms with Crippen LogP contribution in [0.2, 0.25) is 0 Å². The van der Waals surface area contributed by atoms with E-state index in [0.717, 1.165) is 48.2 Å². The van der Waals surface area contributed by atoms with E-state index < -0.39 is 6.10 Å². The predicted octanol–water partition coefficient (Wildman–Crippen LogP) is 2.97. The van der Waals surface area contributed by atoms with Gasteiger partial charge in [0.05, 0.1) is 12.1 Å². The minimum absolute atomic E-state index is 0.0804. The molecule has 0 N–H and O–H groups in total. The SMILES string of the molecule is Cc1cc(N2CC3CC(C2)N3C(=O)C(C)Oc2cccc(C)c2C)nc(C)n1. The number of fused-ring (bicyclic) bond motifs is 2. The van der Waals surface area contributed by atoms with Gasteiger partial charge in [0.15, 0.2) is 6.10 Å². The van der Waals surface area contributed by atoms with E-state index in [1.807, 2.05) is 50.8 Å². The Balaban J connectivity index is 1.43. The van der Waals surface area contributed by atoms with Crippen LogP contribution >= 0.6 is 0 Å². The molecule has 0 radical (unpaired) electrons. The Labute approximate surface area is 166 Å². The molecule has 6 nitrogen and oxygen atoms in total. The Kier molecular flexibility index (Phi) is 4.73. The van der Waals surface area contributed by atoms with Crippen molar-refractivity contribution in [1.82, 2.24) is 14.9 Å². The number of piperazine rings is 1. The Morgan fingerprint density at radius 2 is 1.86 bits per heavy atom. The normalized spacial score (nSPS) is 21.9. The number of piperidine rings is 1. The number of amides is 1. The number of carbonyl (C=O) groups excluding carboxylic acids is 1. The zero-order valence-corrected chi connectivity index (χ0v) is 17.3. The first-order chi connectivity index (χ1) is 13.3. The molecule has 2 bridgehead atoms. The molecule has 3 aliphatic heterocycles. The summed E-state index contributed by atoms with van der Waals surface area (Å²) in [4.78, 5) is 26.3. The monoisotopic (exact) mass is 380 g/mol. The summed E-state index contributed by atoms with van der Waals surface area (Å²) in [6.45, 7) is 11.5. The second-order valence-electron chi connectivity index (χ2n) is 8.07. The molecule has 5 rings (SSSR count). The molecular formula is C22H28N4O2. The third kappa shape index (κ3) is 3.32. The number of ether oxygens (including phenoxy) is 1. The van der Waals surface area contributed by atoms with Crippen LogP contribution in [0.4, 0.5) is 5.82 Å². The van der Waals surface area contributed by atoms with E-state index in [9.17, 15) is 4.79 Å². The first-order valence-corrected chi connectivity index (χ1v) is 9.95. The number of nitrogens with zero attached hydrogens (tertiary/aromatic N) is 4. The van der Waals surface area contributed by atoms with Crippen molar-refractivity contribution in [3.63, 3.8) is 0 Å². The van der Waals surface area contributed by atoms with E-state index in [0.29, 0.717) is 0 Å². The maximum Gasteiger partial charge on any atom is 0.263 e. The summed E-state index contributed by atoms with van der Waals surface area (Å²) in [6, 6.07) is 8.44. The van der Waals surface area contributed by atoms with Gasteiger partial charge < -0.3 is 14.5 Å². The van der Waals surface area contributed by atoms with E-state index in [1.165, 1.54) is 5.56 Å². The van der Waals surface area contributed by atoms with Crippen molar-refractivity contribution in [1.29, 1.82) is 0 Å². The molecule has 3 fully saturated rings. The van der Waals surface area contributed by atoms with Gasteiger partial charge in [-0.15, -0.1) is 0 Å². The summed E-state index contributed by atoms with van der Waals surface area (Å²) in [6.07, 6.45) is 0.572. The number of hydrogen-bond acceptors (Lipinski definition) is 5. The van der Waals surface area contributed by atoms with Crippen LogP contribution in [0.1, 0.15) is 36.0 Å². The highest BCUT2D eigenvalue weighted by Crippen LogP contribution is 2.35. The molecule has 3 saturated heterocycles. The fourth-order valence-electron chi connectivity index (χ4n) is 4.32. The lowest BCUT2D eigenvalue weighted by molar-refractivity contribution is -0.153. The van der Waals surface area contributed by atoms with E-state index in [1.54, 1.807) is 0 Å². The van der Waals surface area contributed by atoms with Crippen molar-refractivity contribution >= 4 is 11.7 Å². The van der Waals surface area contributed by atoms with Crippen LogP contribution in [-0.4, -0.2) is 52.1 Å². The molecular weight excluding hydrogens is 352 g/mol. The van der Waals surface area contributed by atoms with Crippen LogP contribution in [0.25, 0.3) is 0 Å². The maximum atomic E-state index is 13.0. The van der Waals surface area contributed by atoms with Crippen LogP contribution in [0.5, 0.6) is 5.75 Å². The zero-order chi connectivity index (χ0) is 20.0. The van der Waals surface area contributed by atoms with Gasteiger partial charge in [-0.1, -0.05) is 12.1 Å². The fraction of sp³-hybridized carbons (Fsp3) is 0.500. The van der Waals surface area contributed by atoms with Crippen LogP contribution in [-0.2, 0) is 4.79 Å². The van der Waals surface area contributed by atoms with Gasteiger partial charge in [-0.25, -0.2) is 9.97 Å². The lowest BCUT2D eigenvalue weighted by atomic mass is 9.86. The number of rotatable bonds is 4. The van der Waals surface area contributed by atoms with Gasteiger partial charge >= 0.3 is 0 Å². The molecule has 6 heteroatoms. The van der Waals surface area contributed by atoms with E-state index in [4.69, 9.17) is 4.74 Å². The topological polar surface area (TPSA) is 58.6 Å². The summed E-state index contributed by atoms with van der Waals surface area (Å²) >= 11 is 0. The highest BCUT2D eigenvalue weighted by molar-refractivity contribution is 5.83. The zero-order valence-electron chi connectivity index (χ0n) is 17.3. The number of aryl methyl sites for hydroxylation is 3. The Morgan fingerprint density at radius 3 is 2.54 bits per heavy atom. The number of anilines is 1. The first kappa shape index (κ1) is 18.7. The van der Waals surface area contributed by atoms with Crippen molar-refractivity contribution in [2.24, 2.45) is 0 Å². The number of aromatic nitrogens is 2. The summed E-state index contributed by atoms with van der Waals surface area (Å²) in [5, 5.41) is 0. The molecule has 3 atom stereocenters. The summed E-state index contributed by atoms with van der Waals surface area (Å²) < 4.78 is 6.03. The average Bonchev–Trinajstić information content (AvgIpc) is 2.64. The van der Waals surface area contributed by atoms with Crippen LogP contribution in [0, 0.1) is 27.7 Å². The van der Waals surface area contributed by atoms with Crippen LogP contribution in [0.3, 0.4) is 0 Å². The van der Waals surface area contributed by atoms with E-state index in [2.05, 4.69) is 27.9 Å². The summed E-state index contributed by atoms with van der Waals surface area (Å²) in [5.41, 5.74) is 3.24. The van der Waals surface area contributed by atoms with Gasteiger partial charge in [-0.3, -0.25) is 4.79 Å². The molecule has 0 spiro atoms. The fourth-order valence-corrected chi connectivity index (χ4v) is 4.32. The molecule has 1 amide bonds. The van der Waals surface area contributed by atoms with Crippen molar-refractivity contribution in [2.45, 2.75) is 59.2 Å². The van der Waals surface area contributed by atoms with Gasteiger partial charge in [-0.2, -0.15) is 0 Å². The Morgan fingerprint density at radius 1 is 1.14 bits per heavy atom. The third-order valence-electron chi connectivity index (χ3n) is 5.93. The van der Waals surface area contributed by atoms with Crippen molar-refractivity contribution in [3.8, 4) is 5.75 Å². The summed E-state index contributed by atoms with van der Waals surface area (Å²) in [7, 11) is 0. The average molecular weight is 380 g/mol. The quantitative estimate of drug-likeness (QED) is 0.816. The molecule has 2 aromatic rings. The molecule has 0 aliphatic carbocycles. The van der Waals surface area contributed by atoms with Crippen molar-refractivity contribution < 1.29 is 9.53 Å². The predicted molar refractivity (Wildman–Crippen MR) is 109 cm³/mol. The van der Waals surface area contributed by atoms with Gasteiger partial charge in [0, 0.05) is 24.8 Å². The van der Waals surface area contributed by atoms with Crippen LogP contribution in [0.15, 0.2) is 24.3 Å². The lowest BCUT2D eigenvalue weighted by Gasteiger charge is -2.57. The van der Waals surface area contributed by atoms with Gasteiger partial charge in [-0.05, 0) is 58.2 Å². The molecule has 148 valence electrons. The molecule has 4 heterocycles. The standard InChI is InChI=1S/C22H28N4O2/c1-13-7-6-8-20(15(13)3)28-16(4)22(27)26-18-10-19(26)12-25(11-18)21-9-14(2)23-17(5)24-21/h6-9,16,18-19H,10-12H2,1-5H3. The molecule has 1 aromatic carbocycles. The molecule has 3 aliphatic rings. The van der Waals surface area contributed by atoms with Gasteiger partial charge in [0.25, 0.3) is 5.91 Å². The van der Waals surface area contributed by atoms with Crippen LogP contribution < -0.4 is 9.64 Å². The minimum Gasteiger partial charge on any atom is -0.481 e. The van der Waals surface area contributed by atoms with Gasteiger partial charge in [0.1, 0.15) is 17.4 Å². The molecule has 0 saturated carbocycles. The number of benzene rings is 1. The van der Waals surface area contributed by atoms with E-state index >= 15 is 0 Å². The highest BCUT2D eigenvalue weighted by atomic mass is 16.5. The van der Waals surface area contributed by atoms with Gasteiger partial charge in [0.2, 0.25) is 0 Å². The lowest BCUT2D eigenvalue weighted by Crippen LogP contribution is -2.71. The molecule has 1 aromatic heterocycles. The summed E-state index contributed by atoms with van der Waals surface area (Å²) in [5.74, 6) is 2.63. The first-order valence-electron chi connectivity index (χ1n) is 9.95. The highest BCUT2D eigenvalue weighted by Gasteiger charge is 2.48. The van der Waals surface area contributed by atoms with E-state index in [-0.39, 0.29) is 18.0 Å².